The van der Waals surface area contributed by atoms with Crippen molar-refractivity contribution >= 4 is 57.7 Å². The summed E-state index contributed by atoms with van der Waals surface area (Å²) in [5.74, 6) is -1.59. The van der Waals surface area contributed by atoms with Crippen molar-refractivity contribution in [3.63, 3.8) is 0 Å². The number of fused-ring (bicyclic) bond motifs is 2. The Hall–Kier alpha value is -6.65. The molecule has 262 valence electrons. The van der Waals surface area contributed by atoms with Crippen LogP contribution < -0.4 is 22.1 Å². The molecule has 0 aliphatic heterocycles. The van der Waals surface area contributed by atoms with Crippen LogP contribution in [0.1, 0.15) is 72.5 Å². The van der Waals surface area contributed by atoms with E-state index in [-0.39, 0.29) is 30.5 Å². The highest BCUT2D eigenvalue weighted by atomic mass is 16.2. The number of carbonyl (C=O) groups excluding carboxylic acids is 4. The quantitative estimate of drug-likeness (QED) is 0.138. The second kappa shape index (κ2) is 13.7. The maximum absolute atomic E-state index is 13.4. The number of imidazole rings is 2. The fourth-order valence-corrected chi connectivity index (χ4v) is 5.94. The first-order valence-corrected chi connectivity index (χ1v) is 16.2. The van der Waals surface area contributed by atoms with Gasteiger partial charge in [0.05, 0.1) is 28.0 Å². The Balaban J connectivity index is 1.34. The zero-order chi connectivity index (χ0) is 36.6. The first kappa shape index (κ1) is 34.2. The van der Waals surface area contributed by atoms with E-state index >= 15 is 0 Å². The van der Waals surface area contributed by atoms with Gasteiger partial charge in [0.15, 0.2) is 5.65 Å². The summed E-state index contributed by atoms with van der Waals surface area (Å²) in [6.07, 6.45) is 5.07. The Morgan fingerprint density at radius 2 is 1.22 bits per heavy atom. The molecular formula is C34H37N13O4. The number of hydrogen-bond acceptors (Lipinski definition) is 9. The lowest BCUT2D eigenvalue weighted by Crippen LogP contribution is -2.20. The molecule has 17 nitrogen and oxygen atoms in total. The summed E-state index contributed by atoms with van der Waals surface area (Å²) >= 11 is 0. The molecule has 5 aromatic heterocycles. The van der Waals surface area contributed by atoms with Gasteiger partial charge < -0.3 is 16.0 Å². The predicted octanol–water partition coefficient (Wildman–Crippen LogP) is 3.10. The molecule has 6 N–H and O–H groups in total. The van der Waals surface area contributed by atoms with Crippen molar-refractivity contribution in [2.45, 2.75) is 60.8 Å². The molecule has 0 radical (unpaired) electrons. The summed E-state index contributed by atoms with van der Waals surface area (Å²) < 4.78 is 6.72. The third-order valence-electron chi connectivity index (χ3n) is 8.25. The minimum absolute atomic E-state index is 0.175. The second-order valence-electron chi connectivity index (χ2n) is 11.9. The number of aromatic nitrogens is 9. The standard InChI is InChI=1S/C34H37N13O4/c1-6-46-25(13-19(4)42-46)31(50)40-33-38-23-15-21(28(35)48)12-18(3)27(23)44(33)10-8-9-11-45-30-24(16-22(17-37-30)29(36)49)39-34(45)41-32(51)26-14-20(5)43-47(26)7-2/h8-9,12-17H,6-7,10-11H2,1-5H3,(H2,35,48)(H2,36,49)(H,38,40,50)(H,39,41,51)/b9-8+. The average molecular weight is 692 g/mol. The molecule has 6 aromatic rings. The number of carbonyl (C=O) groups is 4. The minimum atomic E-state index is -0.658. The van der Waals surface area contributed by atoms with Gasteiger partial charge >= 0.3 is 0 Å². The molecule has 0 aliphatic rings. The van der Waals surface area contributed by atoms with Gasteiger partial charge in [-0.15, -0.1) is 0 Å². The number of aryl methyl sites for hydroxylation is 5. The first-order chi connectivity index (χ1) is 24.4. The van der Waals surface area contributed by atoms with Gasteiger partial charge in [0.2, 0.25) is 23.7 Å². The van der Waals surface area contributed by atoms with Crippen LogP contribution in [0, 0.1) is 20.8 Å². The molecule has 4 amide bonds. The Morgan fingerprint density at radius 1 is 0.706 bits per heavy atom. The summed E-state index contributed by atoms with van der Waals surface area (Å²) in [4.78, 5) is 64.4. The average Bonchev–Trinajstić information content (AvgIpc) is 3.85. The van der Waals surface area contributed by atoms with Gasteiger partial charge in [-0.2, -0.15) is 10.2 Å². The van der Waals surface area contributed by atoms with Crippen LogP contribution in [0.2, 0.25) is 0 Å². The molecule has 0 spiro atoms. The van der Waals surface area contributed by atoms with Gasteiger partial charge in [-0.3, -0.25) is 43.7 Å². The van der Waals surface area contributed by atoms with Crippen LogP contribution in [0.5, 0.6) is 0 Å². The molecule has 51 heavy (non-hydrogen) atoms. The van der Waals surface area contributed by atoms with Crippen LogP contribution in [-0.4, -0.2) is 67.3 Å². The van der Waals surface area contributed by atoms with Gasteiger partial charge in [-0.05, 0) is 70.5 Å². The molecule has 0 bridgehead atoms. The molecule has 0 saturated heterocycles. The van der Waals surface area contributed by atoms with Crippen molar-refractivity contribution < 1.29 is 19.2 Å². The second-order valence-corrected chi connectivity index (χ2v) is 11.9. The molecule has 0 saturated carbocycles. The fourth-order valence-electron chi connectivity index (χ4n) is 5.94. The number of rotatable bonds is 12. The highest BCUT2D eigenvalue weighted by Gasteiger charge is 2.21. The van der Waals surface area contributed by atoms with Gasteiger partial charge in [0, 0.05) is 37.9 Å². The number of benzene rings is 1. The molecule has 6 rings (SSSR count). The smallest absolute Gasteiger partial charge is 0.276 e. The third kappa shape index (κ3) is 6.68. The van der Waals surface area contributed by atoms with Crippen LogP contribution in [0.25, 0.3) is 22.2 Å². The van der Waals surface area contributed by atoms with E-state index in [0.29, 0.717) is 63.6 Å². The van der Waals surface area contributed by atoms with Gasteiger partial charge in [0.25, 0.3) is 11.8 Å². The van der Waals surface area contributed by atoms with E-state index in [2.05, 4.69) is 35.8 Å². The molecule has 5 heterocycles. The topological polar surface area (TPSA) is 229 Å². The Bertz CT molecular complexity index is 2390. The zero-order valence-corrected chi connectivity index (χ0v) is 28.8. The normalized spacial score (nSPS) is 11.5. The summed E-state index contributed by atoms with van der Waals surface area (Å²) in [5, 5.41) is 14.5. The van der Waals surface area contributed by atoms with Crippen molar-refractivity contribution in [1.82, 2.24) is 43.6 Å². The van der Waals surface area contributed by atoms with E-state index in [4.69, 9.17) is 11.5 Å². The van der Waals surface area contributed by atoms with E-state index in [1.807, 2.05) is 44.4 Å². The third-order valence-corrected chi connectivity index (χ3v) is 8.25. The number of nitrogens with zero attached hydrogens (tertiary/aromatic N) is 9. The lowest BCUT2D eigenvalue weighted by Gasteiger charge is -2.11. The number of primary amides is 2. The number of allylic oxidation sites excluding steroid dienone is 2. The monoisotopic (exact) mass is 691 g/mol. The number of anilines is 2. The van der Waals surface area contributed by atoms with Gasteiger partial charge in [0.1, 0.15) is 16.9 Å². The summed E-state index contributed by atoms with van der Waals surface area (Å²) in [5.41, 5.74) is 16.4. The van der Waals surface area contributed by atoms with Crippen LogP contribution >= 0.6 is 0 Å². The number of nitrogens with one attached hydrogen (secondary N) is 2. The van der Waals surface area contributed by atoms with Crippen molar-refractivity contribution in [2.24, 2.45) is 11.5 Å². The zero-order valence-electron chi connectivity index (χ0n) is 28.8. The molecule has 17 heteroatoms. The number of amides is 4. The van der Waals surface area contributed by atoms with E-state index in [1.165, 1.54) is 12.3 Å². The lowest BCUT2D eigenvalue weighted by atomic mass is 10.1. The van der Waals surface area contributed by atoms with Crippen LogP contribution in [0.3, 0.4) is 0 Å². The first-order valence-electron chi connectivity index (χ1n) is 16.2. The molecular weight excluding hydrogens is 654 g/mol. The Labute approximate surface area is 291 Å². The highest BCUT2D eigenvalue weighted by Crippen LogP contribution is 2.26. The predicted molar refractivity (Wildman–Crippen MR) is 189 cm³/mol. The van der Waals surface area contributed by atoms with E-state index < -0.39 is 23.6 Å². The lowest BCUT2D eigenvalue weighted by molar-refractivity contribution is 0.0991. The van der Waals surface area contributed by atoms with Gasteiger partial charge in [-0.25, -0.2) is 15.0 Å². The maximum Gasteiger partial charge on any atom is 0.276 e. The van der Waals surface area contributed by atoms with Crippen molar-refractivity contribution in [3.05, 3.63) is 88.1 Å². The molecule has 0 atom stereocenters. The molecule has 0 unspecified atom stereocenters. The van der Waals surface area contributed by atoms with E-state index in [1.54, 1.807) is 45.1 Å². The Kier molecular flexibility index (Phi) is 9.19. The Morgan fingerprint density at radius 3 is 1.76 bits per heavy atom. The van der Waals surface area contributed by atoms with Crippen molar-refractivity contribution in [2.75, 3.05) is 10.6 Å². The SMILES string of the molecule is CCn1nc(C)cc1C(=O)Nc1nc2cc(C(N)=O)cnc2n1C/C=C/Cn1c(NC(=O)c2cc(C)nn2CC)nc2cc(C(N)=O)cc(C)c21. The van der Waals surface area contributed by atoms with Crippen molar-refractivity contribution in [1.29, 1.82) is 0 Å². The maximum atomic E-state index is 13.4. The van der Waals surface area contributed by atoms with Crippen LogP contribution in [-0.2, 0) is 26.2 Å². The van der Waals surface area contributed by atoms with E-state index in [0.717, 1.165) is 5.56 Å². The number of nitrogens with two attached hydrogens (primary N) is 2. The van der Waals surface area contributed by atoms with Crippen molar-refractivity contribution in [3.8, 4) is 0 Å². The minimum Gasteiger partial charge on any atom is -0.366 e. The summed E-state index contributed by atoms with van der Waals surface area (Å²) in [6.45, 7) is 10.7. The van der Waals surface area contributed by atoms with E-state index in [9.17, 15) is 19.2 Å². The summed E-state index contributed by atoms with van der Waals surface area (Å²) in [7, 11) is 0. The van der Waals surface area contributed by atoms with Crippen LogP contribution in [0.4, 0.5) is 11.9 Å². The number of hydrogen-bond donors (Lipinski definition) is 4. The largest absolute Gasteiger partial charge is 0.366 e. The fraction of sp³-hybridized carbons (Fsp3) is 0.265. The molecule has 0 fully saturated rings. The van der Waals surface area contributed by atoms with Crippen LogP contribution in [0.15, 0.2) is 48.7 Å². The highest BCUT2D eigenvalue weighted by molar-refractivity contribution is 6.04. The number of pyridine rings is 1. The summed E-state index contributed by atoms with van der Waals surface area (Å²) in [6, 6.07) is 8.17. The molecule has 0 aliphatic carbocycles. The molecule has 1 aromatic carbocycles. The van der Waals surface area contributed by atoms with Gasteiger partial charge in [-0.1, -0.05) is 12.2 Å².